The first kappa shape index (κ1) is 21.0. The van der Waals surface area contributed by atoms with Crippen LogP contribution in [-0.2, 0) is 6.42 Å². The number of amides is 1. The average Bonchev–Trinajstić information content (AvgIpc) is 2.71. The fourth-order valence-corrected chi connectivity index (χ4v) is 3.19. The molecule has 3 aromatic rings. The van der Waals surface area contributed by atoms with Crippen molar-refractivity contribution in [1.82, 2.24) is 5.32 Å². The van der Waals surface area contributed by atoms with Gasteiger partial charge in [0.15, 0.2) is 0 Å². The summed E-state index contributed by atoms with van der Waals surface area (Å²) < 4.78 is 0. The number of benzene rings is 3. The number of hydrogen-bond acceptors (Lipinski definition) is 1. The van der Waals surface area contributed by atoms with E-state index in [0.717, 1.165) is 12.0 Å². The molecule has 3 aromatic carbocycles. The number of nitrogens with one attached hydrogen (secondary N) is 1. The van der Waals surface area contributed by atoms with Crippen LogP contribution in [0.5, 0.6) is 0 Å². The minimum atomic E-state index is -0.253. The first-order valence-electron chi connectivity index (χ1n) is 9.02. The van der Waals surface area contributed by atoms with Gasteiger partial charge in [-0.2, -0.15) is 0 Å². The molecule has 0 aromatic heterocycles. The summed E-state index contributed by atoms with van der Waals surface area (Å²) in [6.07, 6.45) is 0.739. The molecule has 0 atom stereocenters. The number of carbonyl (C=O) groups is 1. The number of halogens is 2. The van der Waals surface area contributed by atoms with Gasteiger partial charge >= 0.3 is 0 Å². The Morgan fingerprint density at radius 1 is 0.778 bits per heavy atom. The van der Waals surface area contributed by atoms with E-state index in [4.69, 9.17) is 23.2 Å². The standard InChI is InChI=1S/C21H17Cl2NO.C2H6/c22-18-7-4-8-19(23)20(18)21(25)24-14-13-15-9-11-17(12-10-15)16-5-2-1-3-6-16;1-2/h1-12H,13-14H2,(H,24,25);1-2H3. The second-order valence-corrected chi connectivity index (χ2v) is 6.48. The van der Waals surface area contributed by atoms with Crippen LogP contribution in [0.1, 0.15) is 29.8 Å². The third-order valence-electron chi connectivity index (χ3n) is 3.95. The van der Waals surface area contributed by atoms with Gasteiger partial charge in [-0.3, -0.25) is 4.79 Å². The molecule has 0 radical (unpaired) electrons. The van der Waals surface area contributed by atoms with Crippen molar-refractivity contribution in [2.24, 2.45) is 0 Å². The van der Waals surface area contributed by atoms with Crippen LogP contribution in [0.25, 0.3) is 11.1 Å². The molecular formula is C23H23Cl2NO. The highest BCUT2D eigenvalue weighted by Gasteiger charge is 2.13. The van der Waals surface area contributed by atoms with Gasteiger partial charge in [0.1, 0.15) is 0 Å². The predicted molar refractivity (Wildman–Crippen MR) is 116 cm³/mol. The molecular weight excluding hydrogens is 377 g/mol. The topological polar surface area (TPSA) is 29.1 Å². The number of hydrogen-bond donors (Lipinski definition) is 1. The van der Waals surface area contributed by atoms with Crippen LogP contribution >= 0.6 is 23.2 Å². The molecule has 0 bridgehead atoms. The average molecular weight is 400 g/mol. The Labute approximate surface area is 171 Å². The lowest BCUT2D eigenvalue weighted by Crippen LogP contribution is -2.26. The molecule has 3 rings (SSSR count). The number of rotatable bonds is 5. The first-order chi connectivity index (χ1) is 13.1. The summed E-state index contributed by atoms with van der Waals surface area (Å²) in [7, 11) is 0. The van der Waals surface area contributed by atoms with E-state index < -0.39 is 0 Å². The minimum absolute atomic E-state index is 0.253. The van der Waals surface area contributed by atoms with Gasteiger partial charge in [-0.25, -0.2) is 0 Å². The molecule has 0 unspecified atom stereocenters. The first-order valence-corrected chi connectivity index (χ1v) is 9.77. The molecule has 27 heavy (non-hydrogen) atoms. The second kappa shape index (κ2) is 10.8. The largest absolute Gasteiger partial charge is 0.352 e. The van der Waals surface area contributed by atoms with Gasteiger partial charge in [0, 0.05) is 6.54 Å². The van der Waals surface area contributed by atoms with Gasteiger partial charge in [0.25, 0.3) is 5.91 Å². The van der Waals surface area contributed by atoms with Crippen LogP contribution in [0.2, 0.25) is 10.0 Å². The third kappa shape index (κ3) is 5.85. The lowest BCUT2D eigenvalue weighted by molar-refractivity contribution is 0.0954. The molecule has 1 amide bonds. The van der Waals surface area contributed by atoms with E-state index in [0.29, 0.717) is 22.2 Å². The van der Waals surface area contributed by atoms with Crippen molar-refractivity contribution in [2.45, 2.75) is 20.3 Å². The van der Waals surface area contributed by atoms with Crippen molar-refractivity contribution >= 4 is 29.1 Å². The van der Waals surface area contributed by atoms with Gasteiger partial charge in [-0.05, 0) is 35.2 Å². The van der Waals surface area contributed by atoms with E-state index in [9.17, 15) is 4.79 Å². The highest BCUT2D eigenvalue weighted by molar-refractivity contribution is 6.39. The molecule has 2 nitrogen and oxygen atoms in total. The summed E-state index contributed by atoms with van der Waals surface area (Å²) in [5.41, 5.74) is 3.85. The molecule has 0 aliphatic rings. The highest BCUT2D eigenvalue weighted by Crippen LogP contribution is 2.24. The van der Waals surface area contributed by atoms with Gasteiger partial charge in [-0.1, -0.05) is 97.7 Å². The Kier molecular flexibility index (Phi) is 8.38. The summed E-state index contributed by atoms with van der Waals surface area (Å²) in [6.45, 7) is 4.52. The van der Waals surface area contributed by atoms with E-state index >= 15 is 0 Å². The maximum Gasteiger partial charge on any atom is 0.254 e. The van der Waals surface area contributed by atoms with E-state index in [1.165, 1.54) is 11.1 Å². The smallest absolute Gasteiger partial charge is 0.254 e. The number of carbonyl (C=O) groups excluding carboxylic acids is 1. The zero-order chi connectivity index (χ0) is 19.6. The molecule has 0 aliphatic carbocycles. The Balaban J connectivity index is 0.00000126. The summed E-state index contributed by atoms with van der Waals surface area (Å²) in [5.74, 6) is -0.253. The Morgan fingerprint density at radius 3 is 1.93 bits per heavy atom. The van der Waals surface area contributed by atoms with E-state index in [-0.39, 0.29) is 5.91 Å². The lowest BCUT2D eigenvalue weighted by Gasteiger charge is -2.09. The molecule has 0 aliphatic heterocycles. The Bertz CT molecular complexity index is 841. The van der Waals surface area contributed by atoms with Crippen molar-refractivity contribution in [2.75, 3.05) is 6.54 Å². The summed E-state index contributed by atoms with van der Waals surface area (Å²) in [4.78, 5) is 12.2. The molecule has 4 heteroatoms. The fourth-order valence-electron chi connectivity index (χ4n) is 2.62. The van der Waals surface area contributed by atoms with Crippen LogP contribution < -0.4 is 5.32 Å². The van der Waals surface area contributed by atoms with Crippen molar-refractivity contribution in [1.29, 1.82) is 0 Å². The summed E-state index contributed by atoms with van der Waals surface area (Å²) in [6, 6.07) is 23.6. The van der Waals surface area contributed by atoms with Crippen LogP contribution in [0.3, 0.4) is 0 Å². The van der Waals surface area contributed by atoms with Crippen LogP contribution in [0.4, 0.5) is 0 Å². The van der Waals surface area contributed by atoms with Gasteiger partial charge in [-0.15, -0.1) is 0 Å². The molecule has 0 saturated carbocycles. The molecule has 140 valence electrons. The maximum absolute atomic E-state index is 12.2. The maximum atomic E-state index is 12.2. The predicted octanol–water partition coefficient (Wildman–Crippen LogP) is 6.66. The minimum Gasteiger partial charge on any atom is -0.352 e. The molecule has 0 spiro atoms. The fraction of sp³-hybridized carbons (Fsp3) is 0.174. The quantitative estimate of drug-likeness (QED) is 0.510. The second-order valence-electron chi connectivity index (χ2n) is 5.67. The van der Waals surface area contributed by atoms with Crippen LogP contribution in [0.15, 0.2) is 72.8 Å². The van der Waals surface area contributed by atoms with Crippen LogP contribution in [-0.4, -0.2) is 12.5 Å². The molecule has 0 fully saturated rings. The van der Waals surface area contributed by atoms with Crippen molar-refractivity contribution in [3.8, 4) is 11.1 Å². The zero-order valence-corrected chi connectivity index (χ0v) is 17.0. The van der Waals surface area contributed by atoms with Crippen molar-refractivity contribution in [3.05, 3.63) is 94.0 Å². The molecule has 0 saturated heterocycles. The zero-order valence-electron chi connectivity index (χ0n) is 15.5. The van der Waals surface area contributed by atoms with E-state index in [1.54, 1.807) is 18.2 Å². The van der Waals surface area contributed by atoms with Crippen LogP contribution in [0, 0.1) is 0 Å². The van der Waals surface area contributed by atoms with Crippen molar-refractivity contribution < 1.29 is 4.79 Å². The van der Waals surface area contributed by atoms with Gasteiger partial charge in [0.05, 0.1) is 15.6 Å². The van der Waals surface area contributed by atoms with Crippen molar-refractivity contribution in [3.63, 3.8) is 0 Å². The lowest BCUT2D eigenvalue weighted by atomic mass is 10.0. The van der Waals surface area contributed by atoms with E-state index in [1.807, 2.05) is 32.0 Å². The van der Waals surface area contributed by atoms with Gasteiger partial charge in [0.2, 0.25) is 0 Å². The van der Waals surface area contributed by atoms with E-state index in [2.05, 4.69) is 41.7 Å². The monoisotopic (exact) mass is 399 g/mol. The molecule has 0 heterocycles. The third-order valence-corrected chi connectivity index (χ3v) is 4.58. The summed E-state index contributed by atoms with van der Waals surface area (Å²) in [5, 5.41) is 3.58. The highest BCUT2D eigenvalue weighted by atomic mass is 35.5. The normalized spacial score (nSPS) is 9.93. The molecule has 1 N–H and O–H groups in total. The Hall–Kier alpha value is -2.29. The van der Waals surface area contributed by atoms with Gasteiger partial charge < -0.3 is 5.32 Å². The SMILES string of the molecule is CC.O=C(NCCc1ccc(-c2ccccc2)cc1)c1c(Cl)cccc1Cl. The summed E-state index contributed by atoms with van der Waals surface area (Å²) >= 11 is 12.1. The Morgan fingerprint density at radius 2 is 1.33 bits per heavy atom.